The van der Waals surface area contributed by atoms with Crippen LogP contribution in [0.2, 0.25) is 0 Å². The minimum absolute atomic E-state index is 0.135. The van der Waals surface area contributed by atoms with Gasteiger partial charge in [0.1, 0.15) is 5.69 Å². The second-order valence-electron chi connectivity index (χ2n) is 4.91. The Kier molecular flexibility index (Phi) is 6.10. The van der Waals surface area contributed by atoms with Crippen LogP contribution in [0.15, 0.2) is 11.4 Å². The SMILES string of the molecule is CCOC(=O)c1cnc(SCC(=O)N2CCCCCC2)[nH]1. The van der Waals surface area contributed by atoms with E-state index in [9.17, 15) is 9.59 Å². The van der Waals surface area contributed by atoms with Gasteiger partial charge in [0.05, 0.1) is 18.6 Å². The molecule has 2 rings (SSSR count). The first-order valence-corrected chi connectivity index (χ1v) is 8.32. The van der Waals surface area contributed by atoms with Crippen LogP contribution in [0.5, 0.6) is 0 Å². The van der Waals surface area contributed by atoms with Crippen LogP contribution in [0.1, 0.15) is 43.1 Å². The molecule has 116 valence electrons. The minimum atomic E-state index is -0.421. The van der Waals surface area contributed by atoms with Gasteiger partial charge in [-0.15, -0.1) is 0 Å². The number of nitrogens with one attached hydrogen (secondary N) is 1. The molecule has 1 fully saturated rings. The molecule has 1 aromatic rings. The van der Waals surface area contributed by atoms with Crippen molar-refractivity contribution in [1.82, 2.24) is 14.9 Å². The number of esters is 1. The van der Waals surface area contributed by atoms with E-state index in [1.54, 1.807) is 6.92 Å². The van der Waals surface area contributed by atoms with Crippen LogP contribution in [-0.2, 0) is 9.53 Å². The van der Waals surface area contributed by atoms with E-state index in [0.29, 0.717) is 23.2 Å². The van der Waals surface area contributed by atoms with Crippen LogP contribution in [0.4, 0.5) is 0 Å². The lowest BCUT2D eigenvalue weighted by atomic mass is 10.2. The van der Waals surface area contributed by atoms with E-state index in [4.69, 9.17) is 4.74 Å². The molecule has 1 N–H and O–H groups in total. The van der Waals surface area contributed by atoms with E-state index in [0.717, 1.165) is 25.9 Å². The molecule has 0 spiro atoms. The van der Waals surface area contributed by atoms with Crippen molar-refractivity contribution in [2.75, 3.05) is 25.4 Å². The number of hydrogen-bond acceptors (Lipinski definition) is 5. The molecule has 0 radical (unpaired) electrons. The molecule has 1 amide bonds. The number of thioether (sulfide) groups is 1. The first-order chi connectivity index (χ1) is 10.2. The van der Waals surface area contributed by atoms with E-state index in [1.165, 1.54) is 30.8 Å². The molecule has 1 aromatic heterocycles. The van der Waals surface area contributed by atoms with Crippen molar-refractivity contribution < 1.29 is 14.3 Å². The number of aromatic amines is 1. The maximum absolute atomic E-state index is 12.1. The summed E-state index contributed by atoms with van der Waals surface area (Å²) < 4.78 is 4.88. The average molecular weight is 311 g/mol. The van der Waals surface area contributed by atoms with Gasteiger partial charge in [-0.25, -0.2) is 9.78 Å². The number of nitrogens with zero attached hydrogens (tertiary/aromatic N) is 2. The standard InChI is InChI=1S/C14H21N3O3S/c1-2-20-13(19)11-9-15-14(16-11)21-10-12(18)17-7-5-3-4-6-8-17/h9H,2-8,10H2,1H3,(H,15,16). The van der Waals surface area contributed by atoms with Gasteiger partial charge in [-0.05, 0) is 19.8 Å². The molecule has 0 bridgehead atoms. The normalized spacial score (nSPS) is 15.6. The zero-order chi connectivity index (χ0) is 15.1. The Morgan fingerprint density at radius 3 is 2.71 bits per heavy atom. The Balaban J connectivity index is 1.82. The molecular formula is C14H21N3O3S. The summed E-state index contributed by atoms with van der Waals surface area (Å²) in [6.45, 7) is 3.79. The molecule has 0 aliphatic carbocycles. The van der Waals surface area contributed by atoms with Crippen LogP contribution >= 0.6 is 11.8 Å². The van der Waals surface area contributed by atoms with Gasteiger partial charge in [-0.1, -0.05) is 24.6 Å². The number of rotatable bonds is 5. The topological polar surface area (TPSA) is 75.3 Å². The van der Waals surface area contributed by atoms with Crippen molar-refractivity contribution in [3.8, 4) is 0 Å². The molecular weight excluding hydrogens is 290 g/mol. The Morgan fingerprint density at radius 1 is 1.33 bits per heavy atom. The summed E-state index contributed by atoms with van der Waals surface area (Å²) in [5, 5.41) is 0.571. The third kappa shape index (κ3) is 4.77. The largest absolute Gasteiger partial charge is 0.461 e. The van der Waals surface area contributed by atoms with Crippen molar-refractivity contribution in [2.45, 2.75) is 37.8 Å². The van der Waals surface area contributed by atoms with Crippen LogP contribution in [-0.4, -0.2) is 52.2 Å². The van der Waals surface area contributed by atoms with Crippen LogP contribution < -0.4 is 0 Å². The maximum atomic E-state index is 12.1. The highest BCUT2D eigenvalue weighted by Gasteiger charge is 2.17. The van der Waals surface area contributed by atoms with Gasteiger partial charge in [-0.3, -0.25) is 4.79 Å². The Labute approximate surface area is 128 Å². The molecule has 1 aliphatic rings. The molecule has 1 aliphatic heterocycles. The number of imidazole rings is 1. The van der Waals surface area contributed by atoms with Crippen molar-refractivity contribution in [3.63, 3.8) is 0 Å². The van der Waals surface area contributed by atoms with Crippen molar-refractivity contribution >= 4 is 23.6 Å². The number of ether oxygens (including phenoxy) is 1. The Morgan fingerprint density at radius 2 is 2.05 bits per heavy atom. The quantitative estimate of drug-likeness (QED) is 0.665. The van der Waals surface area contributed by atoms with Crippen molar-refractivity contribution in [3.05, 3.63) is 11.9 Å². The molecule has 1 saturated heterocycles. The van der Waals surface area contributed by atoms with Gasteiger partial charge in [0.15, 0.2) is 5.16 Å². The smallest absolute Gasteiger partial charge is 0.356 e. The third-order valence-electron chi connectivity index (χ3n) is 3.34. The van der Waals surface area contributed by atoms with E-state index < -0.39 is 5.97 Å². The predicted molar refractivity (Wildman–Crippen MR) is 80.3 cm³/mol. The second-order valence-corrected chi connectivity index (χ2v) is 5.87. The van der Waals surface area contributed by atoms with Crippen LogP contribution in [0, 0.1) is 0 Å². The third-order valence-corrected chi connectivity index (χ3v) is 4.21. The molecule has 7 heteroatoms. The second kappa shape index (κ2) is 8.07. The zero-order valence-electron chi connectivity index (χ0n) is 12.3. The summed E-state index contributed by atoms with van der Waals surface area (Å²) in [5.41, 5.74) is 0.321. The summed E-state index contributed by atoms with van der Waals surface area (Å²) in [5.74, 6) is 0.0576. The lowest BCUT2D eigenvalue weighted by Crippen LogP contribution is -2.33. The van der Waals surface area contributed by atoms with Gasteiger partial charge >= 0.3 is 5.97 Å². The molecule has 2 heterocycles. The summed E-state index contributed by atoms with van der Waals surface area (Å²) in [7, 11) is 0. The molecule has 6 nitrogen and oxygen atoms in total. The van der Waals surface area contributed by atoms with Gasteiger partial charge in [-0.2, -0.15) is 0 Å². The predicted octanol–water partition coefficient (Wildman–Crippen LogP) is 2.08. The van der Waals surface area contributed by atoms with E-state index in [2.05, 4.69) is 9.97 Å². The highest BCUT2D eigenvalue weighted by atomic mass is 32.2. The zero-order valence-corrected chi connectivity index (χ0v) is 13.1. The summed E-state index contributed by atoms with van der Waals surface area (Å²) >= 11 is 1.32. The molecule has 21 heavy (non-hydrogen) atoms. The first-order valence-electron chi connectivity index (χ1n) is 7.33. The number of hydrogen-bond donors (Lipinski definition) is 1. The lowest BCUT2D eigenvalue weighted by molar-refractivity contribution is -0.128. The fraction of sp³-hybridized carbons (Fsp3) is 0.643. The van der Waals surface area contributed by atoms with E-state index in [-0.39, 0.29) is 5.91 Å². The average Bonchev–Trinajstić information content (AvgIpc) is 2.78. The number of aromatic nitrogens is 2. The Hall–Kier alpha value is -1.50. The van der Waals surface area contributed by atoms with Gasteiger partial charge in [0.25, 0.3) is 0 Å². The number of amides is 1. The number of carbonyl (C=O) groups excluding carboxylic acids is 2. The van der Waals surface area contributed by atoms with E-state index >= 15 is 0 Å². The van der Waals surface area contributed by atoms with E-state index in [1.807, 2.05) is 4.90 Å². The monoisotopic (exact) mass is 311 g/mol. The molecule has 0 saturated carbocycles. The minimum Gasteiger partial charge on any atom is -0.461 e. The highest BCUT2D eigenvalue weighted by molar-refractivity contribution is 7.99. The molecule has 0 unspecified atom stereocenters. The highest BCUT2D eigenvalue weighted by Crippen LogP contribution is 2.17. The van der Waals surface area contributed by atoms with Gasteiger partial charge < -0.3 is 14.6 Å². The lowest BCUT2D eigenvalue weighted by Gasteiger charge is -2.19. The van der Waals surface area contributed by atoms with Gasteiger partial charge in [0, 0.05) is 13.1 Å². The first kappa shape index (κ1) is 15.9. The van der Waals surface area contributed by atoms with Crippen molar-refractivity contribution in [2.24, 2.45) is 0 Å². The number of likely N-dealkylation sites (tertiary alicyclic amines) is 1. The molecule has 0 atom stereocenters. The Bertz CT molecular complexity index is 482. The van der Waals surface area contributed by atoms with Crippen LogP contribution in [0.3, 0.4) is 0 Å². The fourth-order valence-corrected chi connectivity index (χ4v) is 2.98. The summed E-state index contributed by atoms with van der Waals surface area (Å²) in [4.78, 5) is 32.5. The summed E-state index contributed by atoms with van der Waals surface area (Å²) in [6, 6.07) is 0. The maximum Gasteiger partial charge on any atom is 0.356 e. The number of carbonyl (C=O) groups is 2. The molecule has 0 aromatic carbocycles. The number of H-pyrrole nitrogens is 1. The van der Waals surface area contributed by atoms with Gasteiger partial charge in [0.2, 0.25) is 5.91 Å². The van der Waals surface area contributed by atoms with Crippen LogP contribution in [0.25, 0.3) is 0 Å². The summed E-state index contributed by atoms with van der Waals surface area (Å²) in [6.07, 6.45) is 6.03. The fourth-order valence-electron chi connectivity index (χ4n) is 2.23. The van der Waals surface area contributed by atoms with Crippen molar-refractivity contribution in [1.29, 1.82) is 0 Å².